The predicted octanol–water partition coefficient (Wildman–Crippen LogP) is 1.47. The van der Waals surface area contributed by atoms with E-state index in [9.17, 15) is 13.2 Å². The van der Waals surface area contributed by atoms with Crippen LogP contribution in [0.5, 0.6) is 0 Å². The molecule has 4 nitrogen and oxygen atoms in total. The van der Waals surface area contributed by atoms with Crippen LogP contribution in [0.1, 0.15) is 13.8 Å². The first kappa shape index (κ1) is 13.7. The molecule has 5 heteroatoms. The maximum atomic E-state index is 11.9. The zero-order chi connectivity index (χ0) is 13.1. The lowest BCUT2D eigenvalue weighted by Crippen LogP contribution is -2.40. The quantitative estimate of drug-likeness (QED) is 0.818. The second kappa shape index (κ2) is 5.31. The van der Waals surface area contributed by atoms with Crippen molar-refractivity contribution in [2.24, 2.45) is 0 Å². The summed E-state index contributed by atoms with van der Waals surface area (Å²) in [5.74, 6) is -0.853. The molecule has 0 N–H and O–H groups in total. The third kappa shape index (κ3) is 4.19. The Kier molecular flexibility index (Phi) is 4.28. The SMILES string of the molecule is CC(C)N(C(=O)CS(C)(=O)=O)c1ccccc1. The van der Waals surface area contributed by atoms with Crippen molar-refractivity contribution in [3.8, 4) is 0 Å². The number of rotatable bonds is 4. The number of amides is 1. The Bertz CT molecular complexity index is 480. The minimum Gasteiger partial charge on any atom is -0.309 e. The van der Waals surface area contributed by atoms with Crippen LogP contribution in [-0.4, -0.2) is 32.4 Å². The summed E-state index contributed by atoms with van der Waals surface area (Å²) >= 11 is 0. The van der Waals surface area contributed by atoms with Gasteiger partial charge >= 0.3 is 0 Å². The van der Waals surface area contributed by atoms with Crippen molar-refractivity contribution in [3.05, 3.63) is 30.3 Å². The van der Waals surface area contributed by atoms with E-state index in [1.54, 1.807) is 12.1 Å². The molecule has 0 aliphatic carbocycles. The summed E-state index contributed by atoms with van der Waals surface area (Å²) in [6, 6.07) is 8.99. The molecule has 0 radical (unpaired) electrons. The van der Waals surface area contributed by atoms with Crippen LogP contribution >= 0.6 is 0 Å². The van der Waals surface area contributed by atoms with Gasteiger partial charge in [0.05, 0.1) is 0 Å². The fourth-order valence-electron chi connectivity index (χ4n) is 1.61. The minimum absolute atomic E-state index is 0.0772. The lowest BCUT2D eigenvalue weighted by Gasteiger charge is -2.26. The Morgan fingerprint density at radius 1 is 1.24 bits per heavy atom. The van der Waals surface area contributed by atoms with Crippen LogP contribution in [0.2, 0.25) is 0 Å². The molecule has 0 saturated heterocycles. The van der Waals surface area contributed by atoms with E-state index in [2.05, 4.69) is 0 Å². The first-order chi connectivity index (χ1) is 7.81. The summed E-state index contributed by atoms with van der Waals surface area (Å²) in [5.41, 5.74) is 0.719. The van der Waals surface area contributed by atoms with Gasteiger partial charge < -0.3 is 4.90 Å². The van der Waals surface area contributed by atoms with E-state index in [1.165, 1.54) is 4.90 Å². The highest BCUT2D eigenvalue weighted by Gasteiger charge is 2.22. The number of hydrogen-bond acceptors (Lipinski definition) is 3. The Morgan fingerprint density at radius 2 is 1.76 bits per heavy atom. The van der Waals surface area contributed by atoms with Crippen molar-refractivity contribution in [1.82, 2.24) is 0 Å². The molecule has 0 aromatic heterocycles. The highest BCUT2D eigenvalue weighted by atomic mass is 32.2. The molecule has 1 aromatic rings. The van der Waals surface area contributed by atoms with E-state index in [4.69, 9.17) is 0 Å². The Morgan fingerprint density at radius 3 is 2.18 bits per heavy atom. The van der Waals surface area contributed by atoms with E-state index in [0.717, 1.165) is 11.9 Å². The van der Waals surface area contributed by atoms with Gasteiger partial charge in [-0.25, -0.2) is 8.42 Å². The summed E-state index contributed by atoms with van der Waals surface area (Å²) in [7, 11) is -3.30. The normalized spacial score (nSPS) is 11.5. The zero-order valence-corrected chi connectivity index (χ0v) is 11.1. The molecule has 0 spiro atoms. The number of carbonyl (C=O) groups is 1. The third-order valence-electron chi connectivity index (χ3n) is 2.21. The number of sulfone groups is 1. The molecule has 0 heterocycles. The molecule has 0 fully saturated rings. The lowest BCUT2D eigenvalue weighted by atomic mass is 10.2. The van der Waals surface area contributed by atoms with E-state index in [-0.39, 0.29) is 6.04 Å². The molecular formula is C12H17NO3S. The molecule has 0 aliphatic rings. The van der Waals surface area contributed by atoms with Gasteiger partial charge in [-0.1, -0.05) is 18.2 Å². The molecule has 0 atom stereocenters. The van der Waals surface area contributed by atoms with E-state index in [0.29, 0.717) is 0 Å². The molecule has 0 bridgehead atoms. The van der Waals surface area contributed by atoms with E-state index < -0.39 is 21.5 Å². The molecule has 0 saturated carbocycles. The minimum atomic E-state index is -3.30. The average Bonchev–Trinajstić information content (AvgIpc) is 2.15. The summed E-state index contributed by atoms with van der Waals surface area (Å²) in [6.45, 7) is 3.71. The summed E-state index contributed by atoms with van der Waals surface area (Å²) < 4.78 is 22.3. The van der Waals surface area contributed by atoms with E-state index in [1.807, 2.05) is 32.0 Å². The number of para-hydroxylation sites is 1. The van der Waals surface area contributed by atoms with Crippen molar-refractivity contribution in [1.29, 1.82) is 0 Å². The van der Waals surface area contributed by atoms with Crippen molar-refractivity contribution < 1.29 is 13.2 Å². The fraction of sp³-hybridized carbons (Fsp3) is 0.417. The van der Waals surface area contributed by atoms with Gasteiger partial charge in [0, 0.05) is 18.0 Å². The third-order valence-corrected chi connectivity index (χ3v) is 2.98. The van der Waals surface area contributed by atoms with Crippen molar-refractivity contribution in [3.63, 3.8) is 0 Å². The average molecular weight is 255 g/mol. The van der Waals surface area contributed by atoms with Gasteiger partial charge in [-0.2, -0.15) is 0 Å². The topological polar surface area (TPSA) is 54.5 Å². The van der Waals surface area contributed by atoms with E-state index >= 15 is 0 Å². The predicted molar refractivity (Wildman–Crippen MR) is 68.8 cm³/mol. The molecule has 0 aliphatic heterocycles. The van der Waals surface area contributed by atoms with Gasteiger partial charge in [0.2, 0.25) is 5.91 Å². The number of nitrogens with zero attached hydrogens (tertiary/aromatic N) is 1. The van der Waals surface area contributed by atoms with Gasteiger partial charge in [-0.05, 0) is 26.0 Å². The van der Waals surface area contributed by atoms with Crippen LogP contribution in [-0.2, 0) is 14.6 Å². The molecule has 1 rings (SSSR count). The molecule has 1 amide bonds. The Labute approximate surface area is 102 Å². The maximum Gasteiger partial charge on any atom is 0.242 e. The summed E-state index contributed by atoms with van der Waals surface area (Å²) in [5, 5.41) is 0. The van der Waals surface area contributed by atoms with Crippen LogP contribution in [0.25, 0.3) is 0 Å². The summed E-state index contributed by atoms with van der Waals surface area (Å²) in [6.07, 6.45) is 1.06. The number of carbonyl (C=O) groups excluding carboxylic acids is 1. The summed E-state index contributed by atoms with van der Waals surface area (Å²) in [4.78, 5) is 13.4. The lowest BCUT2D eigenvalue weighted by molar-refractivity contribution is -0.116. The molecular weight excluding hydrogens is 238 g/mol. The molecule has 94 valence electrons. The van der Waals surface area contributed by atoms with Crippen molar-refractivity contribution >= 4 is 21.4 Å². The van der Waals surface area contributed by atoms with Crippen LogP contribution in [0, 0.1) is 0 Å². The molecule has 0 unspecified atom stereocenters. The number of hydrogen-bond donors (Lipinski definition) is 0. The standard InChI is InChI=1S/C12H17NO3S/c1-10(2)13(11-7-5-4-6-8-11)12(14)9-17(3,15)16/h4-8,10H,9H2,1-3H3. The monoisotopic (exact) mass is 255 g/mol. The van der Waals surface area contributed by atoms with Gasteiger partial charge in [0.25, 0.3) is 0 Å². The Hall–Kier alpha value is -1.36. The first-order valence-electron chi connectivity index (χ1n) is 5.36. The second-order valence-electron chi connectivity index (χ2n) is 4.26. The largest absolute Gasteiger partial charge is 0.309 e. The number of anilines is 1. The van der Waals surface area contributed by atoms with Gasteiger partial charge in [0.15, 0.2) is 9.84 Å². The van der Waals surface area contributed by atoms with Crippen LogP contribution in [0.15, 0.2) is 30.3 Å². The van der Waals surface area contributed by atoms with Crippen molar-refractivity contribution in [2.75, 3.05) is 16.9 Å². The van der Waals surface area contributed by atoms with Crippen LogP contribution < -0.4 is 4.90 Å². The van der Waals surface area contributed by atoms with Gasteiger partial charge in [-0.3, -0.25) is 4.79 Å². The highest BCUT2D eigenvalue weighted by molar-refractivity contribution is 7.91. The maximum absolute atomic E-state index is 11.9. The van der Waals surface area contributed by atoms with Crippen molar-refractivity contribution in [2.45, 2.75) is 19.9 Å². The second-order valence-corrected chi connectivity index (χ2v) is 6.40. The highest BCUT2D eigenvalue weighted by Crippen LogP contribution is 2.16. The Balaban J connectivity index is 2.99. The zero-order valence-electron chi connectivity index (χ0n) is 10.3. The van der Waals surface area contributed by atoms with Gasteiger partial charge in [0.1, 0.15) is 5.75 Å². The molecule has 17 heavy (non-hydrogen) atoms. The molecule has 1 aromatic carbocycles. The first-order valence-corrected chi connectivity index (χ1v) is 7.42. The fourth-order valence-corrected chi connectivity index (χ4v) is 2.20. The van der Waals surface area contributed by atoms with Crippen LogP contribution in [0.3, 0.4) is 0 Å². The van der Waals surface area contributed by atoms with Gasteiger partial charge in [-0.15, -0.1) is 0 Å². The van der Waals surface area contributed by atoms with Crippen LogP contribution in [0.4, 0.5) is 5.69 Å². The number of benzene rings is 1. The smallest absolute Gasteiger partial charge is 0.242 e.